The summed E-state index contributed by atoms with van der Waals surface area (Å²) in [6, 6.07) is 2.26. The second-order valence-corrected chi connectivity index (χ2v) is 5.85. The fraction of sp³-hybridized carbons (Fsp3) is 1.00. The van der Waals surface area contributed by atoms with E-state index in [1.807, 2.05) is 0 Å². The summed E-state index contributed by atoms with van der Waals surface area (Å²) in [4.78, 5) is 2.69. The van der Waals surface area contributed by atoms with Crippen LogP contribution in [0.1, 0.15) is 54.4 Å². The first-order chi connectivity index (χ1) is 5.84. The van der Waals surface area contributed by atoms with E-state index in [-0.39, 0.29) is 0 Å². The summed E-state index contributed by atoms with van der Waals surface area (Å²) in [6.07, 6.45) is 2.75. The normalized spacial score (nSPS) is 31.6. The Hall–Kier alpha value is -0.0400. The molecule has 0 aliphatic carbocycles. The van der Waals surface area contributed by atoms with Crippen LogP contribution in [0, 0.1) is 5.41 Å². The van der Waals surface area contributed by atoms with Crippen molar-refractivity contribution in [3.05, 3.63) is 0 Å². The van der Waals surface area contributed by atoms with Gasteiger partial charge in [0.15, 0.2) is 0 Å². The standard InChI is InChI=1S/C12H25N/c1-9(2)13-10(3)7-8-11(13)12(4,5)6/h9-11H,7-8H2,1-6H3/t10?,11-/m0/s1. The van der Waals surface area contributed by atoms with Gasteiger partial charge in [-0.2, -0.15) is 0 Å². The molecule has 0 saturated carbocycles. The molecule has 0 spiro atoms. The predicted octanol–water partition coefficient (Wildman–Crippen LogP) is 3.29. The topological polar surface area (TPSA) is 3.24 Å². The van der Waals surface area contributed by atoms with Crippen LogP contribution in [0.4, 0.5) is 0 Å². The molecule has 13 heavy (non-hydrogen) atoms. The maximum atomic E-state index is 2.69. The number of rotatable bonds is 1. The van der Waals surface area contributed by atoms with Gasteiger partial charge >= 0.3 is 0 Å². The van der Waals surface area contributed by atoms with Crippen LogP contribution in [0.15, 0.2) is 0 Å². The van der Waals surface area contributed by atoms with E-state index in [0.29, 0.717) is 11.5 Å². The van der Waals surface area contributed by atoms with Crippen LogP contribution in [-0.4, -0.2) is 23.0 Å². The summed E-state index contributed by atoms with van der Waals surface area (Å²) < 4.78 is 0. The van der Waals surface area contributed by atoms with Crippen LogP contribution < -0.4 is 0 Å². The third-order valence-electron chi connectivity index (χ3n) is 3.32. The molecule has 1 nitrogen and oxygen atoms in total. The molecule has 1 aliphatic heterocycles. The van der Waals surface area contributed by atoms with E-state index in [1.54, 1.807) is 0 Å². The van der Waals surface area contributed by atoms with Gasteiger partial charge in [-0.3, -0.25) is 4.90 Å². The van der Waals surface area contributed by atoms with Gasteiger partial charge in [-0.1, -0.05) is 20.8 Å². The Balaban J connectivity index is 2.76. The van der Waals surface area contributed by atoms with Gasteiger partial charge in [0.1, 0.15) is 0 Å². The molecule has 1 rings (SSSR count). The molecule has 1 heterocycles. The van der Waals surface area contributed by atoms with E-state index >= 15 is 0 Å². The van der Waals surface area contributed by atoms with Crippen molar-refractivity contribution in [1.29, 1.82) is 0 Å². The summed E-state index contributed by atoms with van der Waals surface area (Å²) in [7, 11) is 0. The summed E-state index contributed by atoms with van der Waals surface area (Å²) in [6.45, 7) is 14.1. The molecule has 0 bridgehead atoms. The lowest BCUT2D eigenvalue weighted by Gasteiger charge is -2.39. The molecule has 0 aromatic heterocycles. The molecule has 1 heteroatoms. The largest absolute Gasteiger partial charge is 0.295 e. The zero-order chi connectivity index (χ0) is 10.2. The summed E-state index contributed by atoms with van der Waals surface area (Å²) >= 11 is 0. The second-order valence-electron chi connectivity index (χ2n) is 5.85. The van der Waals surface area contributed by atoms with Crippen LogP contribution in [0.25, 0.3) is 0 Å². The number of nitrogens with zero attached hydrogens (tertiary/aromatic N) is 1. The quantitative estimate of drug-likeness (QED) is 0.603. The average Bonchev–Trinajstić information content (AvgIpc) is 2.28. The highest BCUT2D eigenvalue weighted by Gasteiger charge is 2.38. The van der Waals surface area contributed by atoms with Crippen molar-refractivity contribution in [2.75, 3.05) is 0 Å². The minimum Gasteiger partial charge on any atom is -0.295 e. The van der Waals surface area contributed by atoms with Gasteiger partial charge in [-0.25, -0.2) is 0 Å². The monoisotopic (exact) mass is 183 g/mol. The van der Waals surface area contributed by atoms with Crippen molar-refractivity contribution in [3.8, 4) is 0 Å². The Morgan fingerprint density at radius 2 is 1.69 bits per heavy atom. The summed E-state index contributed by atoms with van der Waals surface area (Å²) in [5.74, 6) is 0. The lowest BCUT2D eigenvalue weighted by Crippen LogP contribution is -2.46. The molecular weight excluding hydrogens is 158 g/mol. The van der Waals surface area contributed by atoms with E-state index in [9.17, 15) is 0 Å². The second kappa shape index (κ2) is 3.61. The van der Waals surface area contributed by atoms with Crippen molar-refractivity contribution in [3.63, 3.8) is 0 Å². The van der Waals surface area contributed by atoms with Crippen molar-refractivity contribution in [1.82, 2.24) is 4.90 Å². The first kappa shape index (κ1) is 11.0. The zero-order valence-corrected chi connectivity index (χ0v) is 10.1. The van der Waals surface area contributed by atoms with E-state index in [1.165, 1.54) is 12.8 Å². The summed E-state index contributed by atoms with van der Waals surface area (Å²) in [5, 5.41) is 0. The van der Waals surface area contributed by atoms with Gasteiger partial charge in [0.2, 0.25) is 0 Å². The number of hydrogen-bond donors (Lipinski definition) is 0. The third kappa shape index (κ3) is 2.25. The van der Waals surface area contributed by atoms with E-state index in [2.05, 4.69) is 46.4 Å². The van der Waals surface area contributed by atoms with Gasteiger partial charge < -0.3 is 0 Å². The first-order valence-electron chi connectivity index (χ1n) is 5.61. The first-order valence-corrected chi connectivity index (χ1v) is 5.61. The minimum absolute atomic E-state index is 0.440. The fourth-order valence-corrected chi connectivity index (χ4v) is 2.75. The Morgan fingerprint density at radius 1 is 1.15 bits per heavy atom. The molecule has 0 aromatic carbocycles. The predicted molar refractivity (Wildman–Crippen MR) is 58.9 cm³/mol. The minimum atomic E-state index is 0.440. The van der Waals surface area contributed by atoms with E-state index in [0.717, 1.165) is 12.1 Å². The van der Waals surface area contributed by atoms with Crippen LogP contribution >= 0.6 is 0 Å². The molecular formula is C12H25N. The SMILES string of the molecule is CC(C)N1C(C)CC[C@H]1C(C)(C)C. The molecule has 0 aromatic rings. The van der Waals surface area contributed by atoms with Crippen molar-refractivity contribution >= 4 is 0 Å². The highest BCUT2D eigenvalue weighted by Crippen LogP contribution is 2.36. The van der Waals surface area contributed by atoms with Gasteiger partial charge in [-0.15, -0.1) is 0 Å². The van der Waals surface area contributed by atoms with Gasteiger partial charge in [0, 0.05) is 18.1 Å². The van der Waals surface area contributed by atoms with Crippen LogP contribution in [-0.2, 0) is 0 Å². The summed E-state index contributed by atoms with van der Waals surface area (Å²) in [5.41, 5.74) is 0.440. The van der Waals surface area contributed by atoms with Gasteiger partial charge in [-0.05, 0) is 39.0 Å². The van der Waals surface area contributed by atoms with Crippen LogP contribution in [0.3, 0.4) is 0 Å². The van der Waals surface area contributed by atoms with Crippen LogP contribution in [0.2, 0.25) is 0 Å². The molecule has 2 atom stereocenters. The molecule has 0 radical (unpaired) electrons. The molecule has 1 unspecified atom stereocenters. The third-order valence-corrected chi connectivity index (χ3v) is 3.32. The lowest BCUT2D eigenvalue weighted by atomic mass is 9.85. The molecule has 1 fully saturated rings. The highest BCUT2D eigenvalue weighted by atomic mass is 15.2. The lowest BCUT2D eigenvalue weighted by molar-refractivity contribution is 0.0832. The molecule has 1 aliphatic rings. The van der Waals surface area contributed by atoms with E-state index < -0.39 is 0 Å². The average molecular weight is 183 g/mol. The Kier molecular flexibility index (Phi) is 3.06. The maximum Gasteiger partial charge on any atom is 0.0150 e. The van der Waals surface area contributed by atoms with Crippen LogP contribution in [0.5, 0.6) is 0 Å². The number of hydrogen-bond acceptors (Lipinski definition) is 1. The fourth-order valence-electron chi connectivity index (χ4n) is 2.75. The van der Waals surface area contributed by atoms with Crippen molar-refractivity contribution < 1.29 is 0 Å². The maximum absolute atomic E-state index is 2.69. The Morgan fingerprint density at radius 3 is 2.00 bits per heavy atom. The molecule has 0 amide bonds. The Bertz CT molecular complexity index is 166. The van der Waals surface area contributed by atoms with E-state index in [4.69, 9.17) is 0 Å². The van der Waals surface area contributed by atoms with Gasteiger partial charge in [0.25, 0.3) is 0 Å². The Labute approximate surface area is 83.5 Å². The number of likely N-dealkylation sites (tertiary alicyclic amines) is 1. The zero-order valence-electron chi connectivity index (χ0n) is 10.1. The molecule has 78 valence electrons. The molecule has 1 saturated heterocycles. The van der Waals surface area contributed by atoms with Gasteiger partial charge in [0.05, 0.1) is 0 Å². The van der Waals surface area contributed by atoms with Crippen molar-refractivity contribution in [2.24, 2.45) is 5.41 Å². The van der Waals surface area contributed by atoms with Crippen molar-refractivity contribution in [2.45, 2.75) is 72.5 Å². The molecule has 0 N–H and O–H groups in total. The highest BCUT2D eigenvalue weighted by molar-refractivity contribution is 4.93. The smallest absolute Gasteiger partial charge is 0.0150 e.